The molecule has 0 radical (unpaired) electrons. The third-order valence-electron chi connectivity index (χ3n) is 2.06. The van der Waals surface area contributed by atoms with E-state index >= 15 is 0 Å². The standard InChI is InChI=1S/C9H9N3.C5H10O2/c1-7-5-12-9(6-11-7)8-3-2-4-10-8;1-5(2,3)7-4-6/h2-6,10H,1H3;4H,1-3H3. The second-order valence-corrected chi connectivity index (χ2v) is 4.95. The normalized spacial score (nSPS) is 10.3. The molecule has 102 valence electrons. The second kappa shape index (κ2) is 6.68. The van der Waals surface area contributed by atoms with Crippen LogP contribution in [0.3, 0.4) is 0 Å². The molecule has 1 N–H and O–H groups in total. The summed E-state index contributed by atoms with van der Waals surface area (Å²) in [6, 6.07) is 3.91. The van der Waals surface area contributed by atoms with E-state index in [0.29, 0.717) is 6.47 Å². The van der Waals surface area contributed by atoms with E-state index in [4.69, 9.17) is 0 Å². The van der Waals surface area contributed by atoms with Gasteiger partial charge in [0.1, 0.15) is 11.3 Å². The van der Waals surface area contributed by atoms with Gasteiger partial charge in [0, 0.05) is 12.4 Å². The highest BCUT2D eigenvalue weighted by Gasteiger charge is 2.07. The molecule has 2 aromatic heterocycles. The van der Waals surface area contributed by atoms with E-state index in [0.717, 1.165) is 17.1 Å². The van der Waals surface area contributed by atoms with Crippen LogP contribution in [-0.2, 0) is 9.53 Å². The lowest BCUT2D eigenvalue weighted by molar-refractivity contribution is -0.138. The van der Waals surface area contributed by atoms with E-state index in [2.05, 4.69) is 19.7 Å². The smallest absolute Gasteiger partial charge is 0.293 e. The molecule has 0 aliphatic rings. The van der Waals surface area contributed by atoms with Crippen molar-refractivity contribution in [1.82, 2.24) is 15.0 Å². The average molecular weight is 261 g/mol. The number of carbonyl (C=O) groups is 1. The van der Waals surface area contributed by atoms with Gasteiger partial charge in [-0.25, -0.2) is 0 Å². The number of aromatic nitrogens is 3. The minimum absolute atomic E-state index is 0.318. The Balaban J connectivity index is 0.000000224. The van der Waals surface area contributed by atoms with Gasteiger partial charge < -0.3 is 9.72 Å². The van der Waals surface area contributed by atoms with Crippen LogP contribution in [0.1, 0.15) is 26.5 Å². The Labute approximate surface area is 113 Å². The molecule has 0 unspecified atom stereocenters. The van der Waals surface area contributed by atoms with Crippen LogP contribution in [0.2, 0.25) is 0 Å². The Kier molecular flexibility index (Phi) is 5.23. The number of H-pyrrole nitrogens is 1. The maximum absolute atomic E-state index is 9.60. The summed E-state index contributed by atoms with van der Waals surface area (Å²) in [7, 11) is 0. The maximum atomic E-state index is 9.60. The summed E-state index contributed by atoms with van der Waals surface area (Å²) in [6.07, 6.45) is 5.40. The number of rotatable bonds is 2. The molecule has 2 aromatic rings. The lowest BCUT2D eigenvalue weighted by Gasteiger charge is -2.14. The zero-order chi connectivity index (χ0) is 14.3. The van der Waals surface area contributed by atoms with Crippen LogP contribution in [0, 0.1) is 6.92 Å². The summed E-state index contributed by atoms with van der Waals surface area (Å²) in [5.41, 5.74) is 2.50. The van der Waals surface area contributed by atoms with E-state index in [-0.39, 0.29) is 5.60 Å². The summed E-state index contributed by atoms with van der Waals surface area (Å²) in [5.74, 6) is 0. The fourth-order valence-electron chi connectivity index (χ4n) is 1.17. The summed E-state index contributed by atoms with van der Waals surface area (Å²) < 4.78 is 4.55. The van der Waals surface area contributed by atoms with Crippen molar-refractivity contribution >= 4 is 6.47 Å². The largest absolute Gasteiger partial charge is 0.462 e. The number of carbonyl (C=O) groups excluding carboxylic acids is 1. The van der Waals surface area contributed by atoms with Crippen molar-refractivity contribution in [3.63, 3.8) is 0 Å². The van der Waals surface area contributed by atoms with Crippen LogP contribution in [-0.4, -0.2) is 27.0 Å². The fourth-order valence-corrected chi connectivity index (χ4v) is 1.17. The van der Waals surface area contributed by atoms with Crippen molar-refractivity contribution < 1.29 is 9.53 Å². The van der Waals surface area contributed by atoms with Crippen LogP contribution in [0.15, 0.2) is 30.7 Å². The third-order valence-corrected chi connectivity index (χ3v) is 2.06. The first-order valence-electron chi connectivity index (χ1n) is 5.96. The fraction of sp³-hybridized carbons (Fsp3) is 0.357. The van der Waals surface area contributed by atoms with Crippen LogP contribution >= 0.6 is 0 Å². The number of nitrogens with zero attached hydrogens (tertiary/aromatic N) is 2. The minimum Gasteiger partial charge on any atom is -0.462 e. The molecular formula is C14H19N3O2. The molecule has 0 spiro atoms. The summed E-state index contributed by atoms with van der Waals surface area (Å²) >= 11 is 0. The molecule has 0 fully saturated rings. The van der Waals surface area contributed by atoms with Crippen LogP contribution in [0.4, 0.5) is 0 Å². The SMILES string of the molecule is CC(C)(C)OC=O.Cc1cnc(-c2ccc[nH]2)cn1. The van der Waals surface area contributed by atoms with Crippen molar-refractivity contribution in [2.45, 2.75) is 33.3 Å². The number of hydrogen-bond acceptors (Lipinski definition) is 4. The van der Waals surface area contributed by atoms with Gasteiger partial charge in [0.15, 0.2) is 0 Å². The lowest BCUT2D eigenvalue weighted by atomic mass is 10.2. The van der Waals surface area contributed by atoms with Gasteiger partial charge in [-0.1, -0.05) is 0 Å². The summed E-state index contributed by atoms with van der Waals surface area (Å²) in [6.45, 7) is 7.84. The molecule has 0 saturated carbocycles. The van der Waals surface area contributed by atoms with Gasteiger partial charge in [0.2, 0.25) is 0 Å². The van der Waals surface area contributed by atoms with Crippen LogP contribution in [0.25, 0.3) is 11.4 Å². The zero-order valence-corrected chi connectivity index (χ0v) is 11.7. The highest BCUT2D eigenvalue weighted by Crippen LogP contribution is 2.11. The molecular weight excluding hydrogens is 242 g/mol. The van der Waals surface area contributed by atoms with Crippen molar-refractivity contribution in [2.75, 3.05) is 0 Å². The molecule has 0 amide bonds. The molecule has 5 heteroatoms. The van der Waals surface area contributed by atoms with Crippen molar-refractivity contribution in [3.8, 4) is 11.4 Å². The van der Waals surface area contributed by atoms with Crippen molar-refractivity contribution in [3.05, 3.63) is 36.4 Å². The third kappa shape index (κ3) is 5.81. The average Bonchev–Trinajstić information content (AvgIpc) is 2.83. The molecule has 2 heterocycles. The monoisotopic (exact) mass is 261 g/mol. The van der Waals surface area contributed by atoms with E-state index in [9.17, 15) is 4.79 Å². The molecule has 0 atom stereocenters. The van der Waals surface area contributed by atoms with Gasteiger partial charge >= 0.3 is 0 Å². The molecule has 0 aliphatic carbocycles. The number of aryl methyl sites for hydroxylation is 1. The molecule has 0 saturated heterocycles. The van der Waals surface area contributed by atoms with Gasteiger partial charge in [0.05, 0.1) is 17.6 Å². The first-order valence-corrected chi connectivity index (χ1v) is 5.96. The van der Waals surface area contributed by atoms with E-state index in [1.165, 1.54) is 0 Å². The summed E-state index contributed by atoms with van der Waals surface area (Å²) in [5, 5.41) is 0. The topological polar surface area (TPSA) is 67.9 Å². The summed E-state index contributed by atoms with van der Waals surface area (Å²) in [4.78, 5) is 21.0. The van der Waals surface area contributed by atoms with E-state index in [1.54, 1.807) is 12.4 Å². The Morgan fingerprint density at radius 3 is 2.37 bits per heavy atom. The lowest BCUT2D eigenvalue weighted by Crippen LogP contribution is -2.17. The van der Waals surface area contributed by atoms with Gasteiger partial charge in [-0.05, 0) is 39.8 Å². The minimum atomic E-state index is -0.318. The first-order chi connectivity index (χ1) is 8.92. The van der Waals surface area contributed by atoms with Crippen LogP contribution in [0.5, 0.6) is 0 Å². The number of aromatic amines is 1. The predicted molar refractivity (Wildman–Crippen MR) is 73.5 cm³/mol. The Hall–Kier alpha value is -2.17. The van der Waals surface area contributed by atoms with Crippen LogP contribution < -0.4 is 0 Å². The Bertz CT molecular complexity index is 484. The molecule has 0 bridgehead atoms. The molecule has 5 nitrogen and oxygen atoms in total. The van der Waals surface area contributed by atoms with Crippen molar-refractivity contribution in [1.29, 1.82) is 0 Å². The van der Waals surface area contributed by atoms with Gasteiger partial charge in [-0.2, -0.15) is 0 Å². The number of hydrogen-bond donors (Lipinski definition) is 1. The second-order valence-electron chi connectivity index (χ2n) is 4.95. The van der Waals surface area contributed by atoms with Gasteiger partial charge in [0.25, 0.3) is 6.47 Å². The quantitative estimate of drug-likeness (QED) is 0.844. The predicted octanol–water partition coefficient (Wildman–Crippen LogP) is 2.74. The number of nitrogens with one attached hydrogen (secondary N) is 1. The van der Waals surface area contributed by atoms with Gasteiger partial charge in [-0.15, -0.1) is 0 Å². The molecule has 0 aromatic carbocycles. The zero-order valence-electron chi connectivity index (χ0n) is 11.7. The molecule has 19 heavy (non-hydrogen) atoms. The van der Waals surface area contributed by atoms with E-state index < -0.39 is 0 Å². The highest BCUT2D eigenvalue weighted by atomic mass is 16.5. The molecule has 0 aliphatic heterocycles. The van der Waals surface area contributed by atoms with Crippen molar-refractivity contribution in [2.24, 2.45) is 0 Å². The molecule has 2 rings (SSSR count). The van der Waals surface area contributed by atoms with E-state index in [1.807, 2.05) is 46.0 Å². The highest BCUT2D eigenvalue weighted by molar-refractivity contribution is 5.52. The Morgan fingerprint density at radius 1 is 1.26 bits per heavy atom. The first kappa shape index (κ1) is 14.9. The number of ether oxygens (including phenoxy) is 1. The Morgan fingerprint density at radius 2 is 2.00 bits per heavy atom. The van der Waals surface area contributed by atoms with Gasteiger partial charge in [-0.3, -0.25) is 14.8 Å². The maximum Gasteiger partial charge on any atom is 0.293 e.